The average molecular weight is 346 g/mol. The molecule has 0 spiro atoms. The van der Waals surface area contributed by atoms with Crippen molar-refractivity contribution in [3.8, 4) is 0 Å². The number of anilines is 1. The van der Waals surface area contributed by atoms with Gasteiger partial charge in [0.05, 0.1) is 0 Å². The average Bonchev–Trinajstić information content (AvgIpc) is 2.52. The summed E-state index contributed by atoms with van der Waals surface area (Å²) in [6, 6.07) is 7.74. The first-order valence-electron chi connectivity index (χ1n) is 8.86. The lowest BCUT2D eigenvalue weighted by Crippen LogP contribution is -2.50. The van der Waals surface area contributed by atoms with Crippen LogP contribution in [0.5, 0.6) is 0 Å². The lowest BCUT2D eigenvalue weighted by atomic mass is 9.85. The van der Waals surface area contributed by atoms with Crippen LogP contribution in [0.2, 0.25) is 0 Å². The third kappa shape index (κ3) is 4.97. The summed E-state index contributed by atoms with van der Waals surface area (Å²) in [5.41, 5.74) is 0.793. The van der Waals surface area contributed by atoms with Crippen LogP contribution in [0.15, 0.2) is 24.3 Å². The number of ketones is 1. The number of carbonyl (C=O) groups excluding carboxylic acids is 2. The summed E-state index contributed by atoms with van der Waals surface area (Å²) in [7, 11) is 0. The summed E-state index contributed by atoms with van der Waals surface area (Å²) < 4.78 is 5.44. The molecule has 0 saturated carbocycles. The van der Waals surface area contributed by atoms with E-state index in [1.54, 1.807) is 4.90 Å². The largest absolute Gasteiger partial charge is 0.444 e. The van der Waals surface area contributed by atoms with E-state index in [1.807, 2.05) is 65.8 Å². The third-order valence-corrected chi connectivity index (χ3v) is 4.10. The summed E-state index contributed by atoms with van der Waals surface area (Å²) in [5, 5.41) is 0. The minimum absolute atomic E-state index is 0.137. The zero-order chi connectivity index (χ0) is 18.8. The molecule has 0 radical (unpaired) electrons. The van der Waals surface area contributed by atoms with Crippen molar-refractivity contribution in [3.63, 3.8) is 0 Å². The van der Waals surface area contributed by atoms with Gasteiger partial charge in [-0.1, -0.05) is 32.9 Å². The first-order chi connectivity index (χ1) is 11.5. The Hall–Kier alpha value is -2.04. The fourth-order valence-corrected chi connectivity index (χ4v) is 2.80. The molecule has 1 aliphatic heterocycles. The highest BCUT2D eigenvalue weighted by Gasteiger charge is 2.29. The Balaban J connectivity index is 2.09. The van der Waals surface area contributed by atoms with E-state index in [4.69, 9.17) is 4.74 Å². The Morgan fingerprint density at radius 1 is 0.920 bits per heavy atom. The number of nitrogens with zero attached hydrogens (tertiary/aromatic N) is 2. The van der Waals surface area contributed by atoms with Crippen LogP contribution < -0.4 is 4.90 Å². The Morgan fingerprint density at radius 3 is 2.00 bits per heavy atom. The number of amides is 1. The van der Waals surface area contributed by atoms with Crippen LogP contribution in [0.25, 0.3) is 0 Å². The Bertz CT molecular complexity index is 633. The normalized spacial score (nSPS) is 15.9. The quantitative estimate of drug-likeness (QED) is 0.760. The van der Waals surface area contributed by atoms with Gasteiger partial charge in [-0.05, 0) is 32.9 Å². The van der Waals surface area contributed by atoms with Gasteiger partial charge in [0.25, 0.3) is 0 Å². The van der Waals surface area contributed by atoms with Gasteiger partial charge >= 0.3 is 6.09 Å². The summed E-state index contributed by atoms with van der Waals surface area (Å²) >= 11 is 0. The molecule has 25 heavy (non-hydrogen) atoms. The van der Waals surface area contributed by atoms with Crippen molar-refractivity contribution in [1.29, 1.82) is 0 Å². The van der Waals surface area contributed by atoms with E-state index in [-0.39, 0.29) is 11.9 Å². The maximum Gasteiger partial charge on any atom is 0.410 e. The molecule has 1 aromatic rings. The molecule has 1 fully saturated rings. The van der Waals surface area contributed by atoms with Gasteiger partial charge in [-0.15, -0.1) is 0 Å². The van der Waals surface area contributed by atoms with Crippen LogP contribution >= 0.6 is 0 Å². The lowest BCUT2D eigenvalue weighted by molar-refractivity contribution is 0.0240. The molecule has 0 aromatic heterocycles. The van der Waals surface area contributed by atoms with Gasteiger partial charge in [-0.2, -0.15) is 0 Å². The van der Waals surface area contributed by atoms with Crippen molar-refractivity contribution in [3.05, 3.63) is 29.8 Å². The predicted molar refractivity (Wildman–Crippen MR) is 100 cm³/mol. The van der Waals surface area contributed by atoms with Gasteiger partial charge in [0.1, 0.15) is 5.60 Å². The summed E-state index contributed by atoms with van der Waals surface area (Å²) in [5.74, 6) is 0.137. The Kier molecular flexibility index (Phi) is 5.45. The summed E-state index contributed by atoms with van der Waals surface area (Å²) in [4.78, 5) is 28.9. The van der Waals surface area contributed by atoms with Gasteiger partial charge in [0.15, 0.2) is 5.78 Å². The van der Waals surface area contributed by atoms with Crippen molar-refractivity contribution in [2.45, 2.75) is 47.1 Å². The van der Waals surface area contributed by atoms with Crippen molar-refractivity contribution < 1.29 is 14.3 Å². The fraction of sp³-hybridized carbons (Fsp3) is 0.600. The highest BCUT2D eigenvalue weighted by atomic mass is 16.6. The van der Waals surface area contributed by atoms with Crippen LogP contribution in [-0.4, -0.2) is 48.6 Å². The molecular weight excluding hydrogens is 316 g/mol. The van der Waals surface area contributed by atoms with Crippen LogP contribution in [0.4, 0.5) is 10.5 Å². The second-order valence-electron chi connectivity index (χ2n) is 8.55. The molecule has 2 rings (SSSR count). The van der Waals surface area contributed by atoms with Gasteiger partial charge in [-0.3, -0.25) is 4.79 Å². The van der Waals surface area contributed by atoms with Crippen LogP contribution in [0.1, 0.15) is 51.9 Å². The van der Waals surface area contributed by atoms with Gasteiger partial charge in [0, 0.05) is 42.8 Å². The molecule has 138 valence electrons. The van der Waals surface area contributed by atoms with Crippen molar-refractivity contribution in [2.75, 3.05) is 31.1 Å². The standard InChI is InChI=1S/C20H30N2O3/c1-19(2,3)17(23)15-9-7-8-10-16(15)21-11-13-22(14-12-21)18(24)25-20(4,5)6/h7-10H,11-14H2,1-6H3. The molecule has 5 heteroatoms. The van der Waals surface area contributed by atoms with E-state index < -0.39 is 11.0 Å². The van der Waals surface area contributed by atoms with Crippen LogP contribution in [0.3, 0.4) is 0 Å². The number of ether oxygens (including phenoxy) is 1. The second-order valence-corrected chi connectivity index (χ2v) is 8.55. The smallest absolute Gasteiger partial charge is 0.410 e. The zero-order valence-corrected chi connectivity index (χ0v) is 16.3. The minimum atomic E-state index is -0.486. The van der Waals surface area contributed by atoms with Gasteiger partial charge in [0.2, 0.25) is 0 Å². The van der Waals surface area contributed by atoms with E-state index in [9.17, 15) is 9.59 Å². The SMILES string of the molecule is CC(C)(C)OC(=O)N1CCN(c2ccccc2C(=O)C(C)(C)C)CC1. The minimum Gasteiger partial charge on any atom is -0.444 e. The molecule has 1 heterocycles. The maximum absolute atomic E-state index is 12.7. The molecule has 5 nitrogen and oxygen atoms in total. The van der Waals surface area contributed by atoms with E-state index >= 15 is 0 Å². The number of benzene rings is 1. The number of hydrogen-bond acceptors (Lipinski definition) is 4. The monoisotopic (exact) mass is 346 g/mol. The van der Waals surface area contributed by atoms with Crippen LogP contribution in [-0.2, 0) is 4.74 Å². The topological polar surface area (TPSA) is 49.9 Å². The van der Waals surface area contributed by atoms with Gasteiger partial charge in [-0.25, -0.2) is 4.79 Å². The maximum atomic E-state index is 12.7. The van der Waals surface area contributed by atoms with E-state index in [0.29, 0.717) is 26.2 Å². The number of hydrogen-bond donors (Lipinski definition) is 0. The molecule has 1 saturated heterocycles. The number of piperazine rings is 1. The first kappa shape index (κ1) is 19.3. The molecule has 0 aliphatic carbocycles. The molecule has 0 atom stereocenters. The third-order valence-electron chi connectivity index (χ3n) is 4.10. The first-order valence-corrected chi connectivity index (χ1v) is 8.86. The molecule has 1 aliphatic rings. The van der Waals surface area contributed by atoms with E-state index in [0.717, 1.165) is 11.3 Å². The molecule has 1 aromatic carbocycles. The summed E-state index contributed by atoms with van der Waals surface area (Å²) in [6.45, 7) is 14.0. The number of carbonyl (C=O) groups is 2. The fourth-order valence-electron chi connectivity index (χ4n) is 2.80. The molecule has 0 unspecified atom stereocenters. The molecular formula is C20H30N2O3. The second kappa shape index (κ2) is 7.06. The van der Waals surface area contributed by atoms with Gasteiger partial charge < -0.3 is 14.5 Å². The predicted octanol–water partition coefficient (Wildman–Crippen LogP) is 3.97. The number of Topliss-reactive ketones (excluding diaryl/α,β-unsaturated/α-hetero) is 1. The number of para-hydroxylation sites is 1. The van der Waals surface area contributed by atoms with Crippen LogP contribution in [0, 0.1) is 5.41 Å². The van der Waals surface area contributed by atoms with Crippen molar-refractivity contribution in [1.82, 2.24) is 4.90 Å². The Labute approximate surface area is 150 Å². The lowest BCUT2D eigenvalue weighted by Gasteiger charge is -2.37. The summed E-state index contributed by atoms with van der Waals surface area (Å²) in [6.07, 6.45) is -0.272. The van der Waals surface area contributed by atoms with E-state index in [1.165, 1.54) is 0 Å². The highest BCUT2D eigenvalue weighted by Crippen LogP contribution is 2.29. The van der Waals surface area contributed by atoms with Crippen molar-refractivity contribution in [2.24, 2.45) is 5.41 Å². The zero-order valence-electron chi connectivity index (χ0n) is 16.3. The number of rotatable bonds is 2. The molecule has 0 bridgehead atoms. The van der Waals surface area contributed by atoms with Crippen molar-refractivity contribution >= 4 is 17.6 Å². The Morgan fingerprint density at radius 2 is 1.48 bits per heavy atom. The molecule has 0 N–H and O–H groups in total. The molecule has 1 amide bonds. The highest BCUT2D eigenvalue weighted by molar-refractivity contribution is 6.04. The van der Waals surface area contributed by atoms with E-state index in [2.05, 4.69) is 4.90 Å².